The molecular weight excluding hydrogens is 2100 g/mol. The molecule has 43 heteroatoms. The number of methoxy groups -OCH3 is 8. The molecule has 0 bridgehead atoms. The first-order valence-corrected chi connectivity index (χ1v) is 55.1. The maximum absolute atomic E-state index is 10.7. The number of fused-ring (bicyclic) bond motifs is 2. The van der Waals surface area contributed by atoms with E-state index in [-0.39, 0.29) is 55.8 Å². The number of hydrogen-bond acceptors (Lipinski definition) is 11. The second-order valence-corrected chi connectivity index (χ2v) is 46.4. The van der Waals surface area contributed by atoms with Crippen LogP contribution in [-0.4, -0.2) is 69.1 Å². The van der Waals surface area contributed by atoms with E-state index in [2.05, 4.69) is 231 Å². The average molecular weight is 2200 g/mol. The van der Waals surface area contributed by atoms with Gasteiger partial charge in [0.25, 0.3) is 0 Å². The van der Waals surface area contributed by atoms with E-state index in [0.717, 1.165) is 74.4 Å². The second kappa shape index (κ2) is 45.4. The predicted molar refractivity (Wildman–Crippen MR) is 530 cm³/mol. The van der Waals surface area contributed by atoms with E-state index < -0.39 is 31.2 Å². The minimum atomic E-state index is -10.7. The van der Waals surface area contributed by atoms with E-state index in [4.69, 9.17) is 52.1 Å². The van der Waals surface area contributed by atoms with Crippen molar-refractivity contribution in [1.29, 1.82) is 0 Å². The molecule has 0 unspecified atom stereocenters. The van der Waals surface area contributed by atoms with Crippen molar-refractivity contribution in [2.75, 3.05) is 56.9 Å². The molecule has 15 rings (SSSR count). The number of aryl methyl sites for hydroxylation is 1. The van der Waals surface area contributed by atoms with E-state index in [0.29, 0.717) is 0 Å². The van der Waals surface area contributed by atoms with Gasteiger partial charge in [-0.3, -0.25) is 0 Å². The van der Waals surface area contributed by atoms with Gasteiger partial charge < -0.3 is 52.1 Å². The van der Waals surface area contributed by atoms with Gasteiger partial charge in [-0.25, -0.2) is 0 Å². The van der Waals surface area contributed by atoms with Crippen LogP contribution in [0.15, 0.2) is 405 Å². The Kier molecular flexibility index (Phi) is 37.0. The summed E-state index contributed by atoms with van der Waals surface area (Å²) in [4.78, 5) is 14.8. The molecule has 0 saturated carbocycles. The number of rotatable bonds is 26. The Balaban J connectivity index is 0.000000216. The van der Waals surface area contributed by atoms with E-state index in [1.54, 1.807) is 56.9 Å². The van der Waals surface area contributed by atoms with Crippen molar-refractivity contribution >= 4 is 96.4 Å². The van der Waals surface area contributed by atoms with Crippen LogP contribution in [0.25, 0.3) is 21.5 Å². The van der Waals surface area contributed by atoms with Gasteiger partial charge in [0.15, 0.2) is 59.6 Å². The molecule has 0 amide bonds. The summed E-state index contributed by atoms with van der Waals surface area (Å²) >= 11 is 0. The number of ether oxygens (including phenoxy) is 11. The van der Waals surface area contributed by atoms with Gasteiger partial charge in [-0.1, -0.05) is 78.4 Å². The monoisotopic (exact) mass is 2190 g/mol. The Labute approximate surface area is 827 Å². The fourth-order valence-corrected chi connectivity index (χ4v) is 21.4. The topological polar surface area (TPSA) is 102 Å². The summed E-state index contributed by atoms with van der Waals surface area (Å²) in [5.74, 6) is 10.3. The third-order valence-electron chi connectivity index (χ3n) is 18.5. The number of para-hydroxylation sites is 1. The zero-order chi connectivity index (χ0) is 107. The summed E-state index contributed by atoms with van der Waals surface area (Å²) < 4.78 is 298. The normalized spacial score (nSPS) is 13.3. The van der Waals surface area contributed by atoms with E-state index in [1.165, 1.54) is 80.5 Å². The van der Waals surface area contributed by atoms with Gasteiger partial charge >= 0.3 is 132 Å². The van der Waals surface area contributed by atoms with Gasteiger partial charge in [0.2, 0.25) is 4.90 Å². The average Bonchev–Trinajstić information content (AvgIpc) is 0.758. The number of hydrogen-bond donors (Lipinski definition) is 0. The molecule has 0 heterocycles. The molecule has 780 valence electrons. The summed E-state index contributed by atoms with van der Waals surface area (Å²) in [5.41, 5.74) is 1.27. The first-order valence-electron chi connectivity index (χ1n) is 42.1. The van der Waals surface area contributed by atoms with Crippen LogP contribution in [0.5, 0.6) is 69.0 Å². The Bertz CT molecular complexity index is 6290. The molecule has 15 aromatic rings. The molecule has 15 aromatic carbocycles. The molecule has 0 atom stereocenters. The predicted octanol–water partition coefficient (Wildman–Crippen LogP) is 38.7. The SMILES string of the molecule is CC(C)Oc1ccc([S+](c2ccc(Oc3ccccc3)cc2)c2ccc(OC(C)C)cc2)cc1.COc1ccc([S+](c2ccc(C)cc2)c2ccc(OC)cc2)cc1.COc1ccc([S+](c2ccc(OC)cc2)c2c(OC)ccc3ccccc23)cc1.COc1ccc([S+](c2ccc(OC)cc2)c2ccc(OC)c3ccccc23)cc1.F[P-](F)(F)(F)(F)F.F[P-](F)(F)(F)(F)F.F[P-](F)(F)(F)(F)F.F[P-](F)(F)(F)(F)F. The first kappa shape index (κ1) is 117. The second-order valence-electron chi connectivity index (χ2n) is 30.7. The van der Waals surface area contributed by atoms with Gasteiger partial charge in [-0.05, 0) is 313 Å². The fourth-order valence-electron chi connectivity index (χ4n) is 12.8. The quantitative estimate of drug-likeness (QED) is 0.0294. The molecule has 0 aliphatic carbocycles. The van der Waals surface area contributed by atoms with Crippen molar-refractivity contribution in [1.82, 2.24) is 0 Å². The third kappa shape index (κ3) is 44.7. The summed E-state index contributed by atoms with van der Waals surface area (Å²) in [6.07, 6.45) is 0.296. The standard InChI is InChI=1S/C30H31O3S.2C25H23O3S.C21H21O2S.4F6P/c1-22(2)31-25-10-16-28(17-11-25)34(29-18-12-26(13-19-29)32-23(3)4)30-20-14-27(15-21-30)33-24-8-6-5-7-9-24;1-26-19-9-13-21(14-10-19)29(22-15-11-20(27-2)12-16-22)25-23-7-5-4-6-18(23)8-17-24(25)28-3;1-26-18-8-12-20(13-9-18)29(21-14-10-19(27-2)11-15-21)25-17-16-24(28-3)22-6-4-5-7-23(22)25;1-16-4-10-19(11-5-16)24(20-12-6-17(22-2)7-13-20)21-14-8-18(23-3)9-15-21;4*1-7(2,3,4,5)6/h5-23H,1-4H3;2*4-17H,1-3H3;4-15H,1-3H3;;;;/q4*+1;4*-1. The molecule has 0 N–H and O–H groups in total. The Morgan fingerprint density at radius 2 is 0.417 bits per heavy atom. The van der Waals surface area contributed by atoms with E-state index in [9.17, 15) is 101 Å². The van der Waals surface area contributed by atoms with Crippen LogP contribution in [0.2, 0.25) is 0 Å². The summed E-state index contributed by atoms with van der Waals surface area (Å²) in [5, 5.41) is 4.71. The Morgan fingerprint density at radius 1 is 0.194 bits per heavy atom. The summed E-state index contributed by atoms with van der Waals surface area (Å²) in [6.45, 7) is 10.3. The van der Waals surface area contributed by atoms with Gasteiger partial charge in [0.1, 0.15) is 74.1 Å². The zero-order valence-electron chi connectivity index (χ0n) is 78.5. The van der Waals surface area contributed by atoms with Gasteiger partial charge in [-0.2, -0.15) is 0 Å². The van der Waals surface area contributed by atoms with Crippen LogP contribution in [0.3, 0.4) is 0 Å². The molecular formula is C101H98F24O11P4S4. The van der Waals surface area contributed by atoms with Gasteiger partial charge in [0.05, 0.1) is 102 Å². The van der Waals surface area contributed by atoms with Crippen LogP contribution < -0.4 is 52.1 Å². The molecule has 0 aliphatic rings. The van der Waals surface area contributed by atoms with Crippen LogP contribution in [0.1, 0.15) is 33.3 Å². The van der Waals surface area contributed by atoms with Crippen molar-refractivity contribution in [2.45, 2.75) is 106 Å². The van der Waals surface area contributed by atoms with Gasteiger partial charge in [0, 0.05) is 16.2 Å². The van der Waals surface area contributed by atoms with Crippen molar-refractivity contribution in [3.63, 3.8) is 0 Å². The van der Waals surface area contributed by atoms with Crippen molar-refractivity contribution in [2.24, 2.45) is 0 Å². The Hall–Kier alpha value is -11.9. The Morgan fingerprint density at radius 3 is 0.694 bits per heavy atom. The summed E-state index contributed by atoms with van der Waals surface area (Å²) in [6, 6.07) is 119. The molecule has 0 spiro atoms. The van der Waals surface area contributed by atoms with E-state index in [1.807, 2.05) is 149 Å². The molecule has 0 saturated heterocycles. The molecule has 0 radical (unpaired) electrons. The number of halogens is 24. The van der Waals surface area contributed by atoms with Crippen molar-refractivity contribution in [3.8, 4) is 69.0 Å². The zero-order valence-corrected chi connectivity index (χ0v) is 85.4. The molecule has 0 fully saturated rings. The molecule has 0 aliphatic heterocycles. The maximum atomic E-state index is 9.87. The molecule has 0 aromatic heterocycles. The van der Waals surface area contributed by atoms with Crippen LogP contribution in [-0.2, 0) is 43.6 Å². The van der Waals surface area contributed by atoms with E-state index >= 15 is 0 Å². The van der Waals surface area contributed by atoms with Crippen LogP contribution in [0, 0.1) is 6.92 Å². The number of benzene rings is 15. The first-order chi connectivity index (χ1) is 66.5. The molecule has 11 nitrogen and oxygen atoms in total. The fraction of sp³-hybridized carbons (Fsp3) is 0.149. The minimum absolute atomic E-state index is 0.148. The van der Waals surface area contributed by atoms with Crippen LogP contribution >= 0.6 is 31.2 Å². The third-order valence-corrected chi connectivity index (χ3v) is 27.5. The van der Waals surface area contributed by atoms with Crippen molar-refractivity contribution < 1.29 is 153 Å². The van der Waals surface area contributed by atoms with Gasteiger partial charge in [-0.15, -0.1) is 0 Å². The molecule has 144 heavy (non-hydrogen) atoms. The van der Waals surface area contributed by atoms with Crippen LogP contribution in [0.4, 0.5) is 101 Å². The van der Waals surface area contributed by atoms with Crippen molar-refractivity contribution in [3.05, 3.63) is 351 Å². The summed E-state index contributed by atoms with van der Waals surface area (Å²) in [7, 11) is -30.1.